The fourth-order valence-corrected chi connectivity index (χ4v) is 10.1. The maximum atomic E-state index is 14.0. The first-order chi connectivity index (χ1) is 36.1. The Hall–Kier alpha value is -4.68. The van der Waals surface area contributed by atoms with Crippen LogP contribution in [0, 0.1) is 0 Å². The third-order valence-electron chi connectivity index (χ3n) is 15.0. The second-order valence-corrected chi connectivity index (χ2v) is 23.2. The van der Waals surface area contributed by atoms with Gasteiger partial charge in [-0.1, -0.05) is 126 Å². The summed E-state index contributed by atoms with van der Waals surface area (Å²) >= 11 is 0. The van der Waals surface area contributed by atoms with Gasteiger partial charge in [0.25, 0.3) is 0 Å². The van der Waals surface area contributed by atoms with Crippen molar-refractivity contribution in [3.05, 3.63) is 142 Å². The summed E-state index contributed by atoms with van der Waals surface area (Å²) in [5.41, 5.74) is 2.88. The third kappa shape index (κ3) is 18.2. The predicted octanol–water partition coefficient (Wildman–Crippen LogP) is 14.8. The van der Waals surface area contributed by atoms with E-state index in [1.54, 1.807) is 0 Å². The van der Waals surface area contributed by atoms with Crippen molar-refractivity contribution in [2.24, 2.45) is 0 Å². The van der Waals surface area contributed by atoms with Crippen LogP contribution in [-0.2, 0) is 45.1 Å². The number of nitrogens with zero attached hydrogens (tertiary/aromatic N) is 2. The number of benzene rings is 4. The Bertz CT molecular complexity index is 2150. The minimum absolute atomic E-state index is 0.0366. The van der Waals surface area contributed by atoms with E-state index in [1.807, 2.05) is 128 Å². The number of ketones is 4. The van der Waals surface area contributed by atoms with Gasteiger partial charge in [-0.3, -0.25) is 29.0 Å². The van der Waals surface area contributed by atoms with Crippen molar-refractivity contribution in [2.45, 2.75) is 221 Å². The summed E-state index contributed by atoms with van der Waals surface area (Å²) in [7, 11) is 0. The zero-order valence-corrected chi connectivity index (χ0v) is 48.7. The van der Waals surface area contributed by atoms with Crippen molar-refractivity contribution in [1.29, 1.82) is 0 Å². The van der Waals surface area contributed by atoms with Crippen LogP contribution >= 0.6 is 0 Å². The van der Waals surface area contributed by atoms with Gasteiger partial charge in [-0.25, -0.2) is 0 Å². The monoisotopic (exact) mass is 1040 g/mol. The lowest BCUT2D eigenvalue weighted by Crippen LogP contribution is -2.43. The van der Waals surface area contributed by atoms with E-state index in [2.05, 4.69) is 61.8 Å². The van der Waals surface area contributed by atoms with E-state index in [1.165, 1.54) is 0 Å². The number of unbranched alkanes of at least 4 members (excludes halogenated alkanes) is 4. The first kappa shape index (κ1) is 62.2. The molecule has 1 aliphatic rings. The normalized spacial score (nSPS) is 15.6. The summed E-state index contributed by atoms with van der Waals surface area (Å²) in [5.74, 6) is -0.147. The molecule has 0 N–H and O–H groups in total. The molecule has 10 heteroatoms. The summed E-state index contributed by atoms with van der Waals surface area (Å²) in [6, 6.07) is 32.4. The average molecular weight is 1040 g/mol. The van der Waals surface area contributed by atoms with Crippen molar-refractivity contribution in [3.8, 4) is 0 Å². The van der Waals surface area contributed by atoms with Crippen LogP contribution in [0.3, 0.4) is 0 Å². The second-order valence-electron chi connectivity index (χ2n) is 23.2. The molecule has 0 aliphatic heterocycles. The van der Waals surface area contributed by atoms with Crippen LogP contribution in [0.15, 0.2) is 97.1 Å². The Morgan fingerprint density at radius 3 is 0.789 bits per heavy atom. The van der Waals surface area contributed by atoms with Crippen molar-refractivity contribution >= 4 is 23.1 Å². The standard InChI is InChI=1S/C66H94N2O8/c1-13-17-37-73-63(5,6)59(69)53-29-21-25-49(41-53)45-67(46-50-26-22-30-54(42-50)60(70)64(7,8)74-38-18-14-2)57-33-35-58(36-34-57)68(47-51-27-23-31-55(43-51)61(71)65(9,10)75-39-19-15-3)48-52-28-24-32-56(44-52)62(72)66(11,12)76-40-20-16-4/h21-32,41-44,57-58H,13-20,33-40,45-48H2,1-12H3. The van der Waals surface area contributed by atoms with Crippen LogP contribution in [0.4, 0.5) is 0 Å². The van der Waals surface area contributed by atoms with E-state index in [0.29, 0.717) is 74.9 Å². The fraction of sp³-hybridized carbons (Fsp3) is 0.576. The zero-order chi connectivity index (χ0) is 55.5. The molecule has 1 aliphatic carbocycles. The Morgan fingerprint density at radius 1 is 0.382 bits per heavy atom. The maximum Gasteiger partial charge on any atom is 0.194 e. The summed E-state index contributed by atoms with van der Waals surface area (Å²) in [6.45, 7) is 27.9. The van der Waals surface area contributed by atoms with Crippen LogP contribution in [-0.4, -0.2) is 93.8 Å². The van der Waals surface area contributed by atoms with Crippen molar-refractivity contribution in [1.82, 2.24) is 9.80 Å². The highest BCUT2D eigenvalue weighted by atomic mass is 16.5. The first-order valence-corrected chi connectivity index (χ1v) is 28.7. The highest BCUT2D eigenvalue weighted by Gasteiger charge is 2.35. The molecular formula is C66H94N2O8. The largest absolute Gasteiger partial charge is 0.367 e. The second kappa shape index (κ2) is 29.3. The van der Waals surface area contributed by atoms with Crippen LogP contribution < -0.4 is 0 Å². The van der Waals surface area contributed by atoms with Crippen LogP contribution in [0.5, 0.6) is 0 Å². The molecule has 10 nitrogen and oxygen atoms in total. The number of hydrogen-bond acceptors (Lipinski definition) is 10. The molecule has 0 heterocycles. The third-order valence-corrected chi connectivity index (χ3v) is 15.0. The quantitative estimate of drug-likeness (QED) is 0.0331. The van der Waals surface area contributed by atoms with Gasteiger partial charge >= 0.3 is 0 Å². The lowest BCUT2D eigenvalue weighted by Gasteiger charge is -2.41. The molecule has 0 unspecified atom stereocenters. The van der Waals surface area contributed by atoms with E-state index in [-0.39, 0.29) is 35.2 Å². The maximum absolute atomic E-state index is 14.0. The minimum Gasteiger partial charge on any atom is -0.367 e. The molecule has 4 aromatic carbocycles. The number of ether oxygens (including phenoxy) is 4. The van der Waals surface area contributed by atoms with Gasteiger partial charge in [-0.15, -0.1) is 0 Å². The molecule has 0 saturated heterocycles. The number of carbonyl (C=O) groups is 4. The molecule has 0 atom stereocenters. The Kier molecular flexibility index (Phi) is 24.0. The molecule has 4 aromatic rings. The lowest BCUT2D eigenvalue weighted by atomic mass is 9.87. The Balaban J connectivity index is 1.46. The topological polar surface area (TPSA) is 112 Å². The number of carbonyl (C=O) groups excluding carboxylic acids is 4. The van der Waals surface area contributed by atoms with Gasteiger partial charge in [-0.05, 0) is 153 Å². The molecule has 0 amide bonds. The molecule has 0 radical (unpaired) electrons. The van der Waals surface area contributed by atoms with E-state index >= 15 is 0 Å². The van der Waals surface area contributed by atoms with E-state index in [0.717, 1.165) is 99.3 Å². The van der Waals surface area contributed by atoms with Gasteiger partial charge in [0.1, 0.15) is 22.4 Å². The van der Waals surface area contributed by atoms with Gasteiger partial charge in [0, 0.05) is 86.9 Å². The molecule has 0 aromatic heterocycles. The molecule has 1 fully saturated rings. The van der Waals surface area contributed by atoms with Gasteiger partial charge in [-0.2, -0.15) is 0 Å². The molecule has 416 valence electrons. The number of hydrogen-bond donors (Lipinski definition) is 0. The van der Waals surface area contributed by atoms with Crippen LogP contribution in [0.2, 0.25) is 0 Å². The summed E-state index contributed by atoms with van der Waals surface area (Å²) < 4.78 is 24.5. The SMILES string of the molecule is CCCCOC(C)(C)C(=O)c1cccc(CN(Cc2cccc(C(=O)C(C)(C)OCCCC)c2)C2CCC(N(Cc3cccc(C(=O)C(C)(C)OCCCC)c3)Cc3cccc(C(=O)C(C)(C)OCCCC)c3)CC2)c1. The van der Waals surface area contributed by atoms with E-state index in [9.17, 15) is 19.2 Å². The Labute approximate surface area is 458 Å². The molecule has 1 saturated carbocycles. The average Bonchev–Trinajstić information content (AvgIpc) is 3.40. The molecule has 0 bridgehead atoms. The van der Waals surface area contributed by atoms with Crippen molar-refractivity contribution < 1.29 is 38.1 Å². The lowest BCUT2D eigenvalue weighted by molar-refractivity contribution is -0.00548. The smallest absolute Gasteiger partial charge is 0.194 e. The van der Waals surface area contributed by atoms with Crippen LogP contribution in [0.25, 0.3) is 0 Å². The van der Waals surface area contributed by atoms with Gasteiger partial charge in [0.15, 0.2) is 23.1 Å². The van der Waals surface area contributed by atoms with Crippen molar-refractivity contribution in [3.63, 3.8) is 0 Å². The Morgan fingerprint density at radius 2 is 0.592 bits per heavy atom. The molecule has 5 rings (SSSR count). The fourth-order valence-electron chi connectivity index (χ4n) is 10.1. The van der Waals surface area contributed by atoms with Crippen molar-refractivity contribution in [2.75, 3.05) is 26.4 Å². The van der Waals surface area contributed by atoms with Gasteiger partial charge in [0.05, 0.1) is 0 Å². The first-order valence-electron chi connectivity index (χ1n) is 28.7. The van der Waals surface area contributed by atoms with Gasteiger partial charge < -0.3 is 18.9 Å². The highest BCUT2D eigenvalue weighted by molar-refractivity contribution is 6.03. The van der Waals surface area contributed by atoms with Crippen LogP contribution in [0.1, 0.15) is 224 Å². The molecular weight excluding hydrogens is 949 g/mol. The highest BCUT2D eigenvalue weighted by Crippen LogP contribution is 2.33. The van der Waals surface area contributed by atoms with Gasteiger partial charge in [0.2, 0.25) is 0 Å². The molecule has 76 heavy (non-hydrogen) atoms. The zero-order valence-electron chi connectivity index (χ0n) is 48.7. The van der Waals surface area contributed by atoms with E-state index < -0.39 is 22.4 Å². The minimum atomic E-state index is -0.953. The predicted molar refractivity (Wildman–Crippen MR) is 307 cm³/mol. The molecule has 0 spiro atoms. The summed E-state index contributed by atoms with van der Waals surface area (Å²) in [5, 5.41) is 0. The summed E-state index contributed by atoms with van der Waals surface area (Å²) in [4.78, 5) is 61.0. The summed E-state index contributed by atoms with van der Waals surface area (Å²) in [6.07, 6.45) is 11.2. The van der Waals surface area contributed by atoms with E-state index in [4.69, 9.17) is 18.9 Å². The number of rotatable bonds is 34. The number of Topliss-reactive ketones (excluding diaryl/α,β-unsaturated/α-hetero) is 4.